The van der Waals surface area contributed by atoms with Crippen molar-refractivity contribution in [3.63, 3.8) is 0 Å². The Morgan fingerprint density at radius 2 is 1.93 bits per heavy atom. The standard InChI is InChI=1S/C22H31N3O2/c1-16(2)22-10-21(27-23-22)15-25-13-18-4-7-19(25)14-24(12-18)11-17-5-8-20(26-3)9-6-17/h5-6,8-10,16,18-19H,4,7,11-15H2,1-3H3/t18-,19+/m0/s1. The SMILES string of the molecule is COc1ccc(CN2C[C@@H]3CC[C@H](C2)N(Cc2cc(C(C)C)no2)C3)cc1. The van der Waals surface area contributed by atoms with E-state index in [1.807, 2.05) is 0 Å². The van der Waals surface area contributed by atoms with Crippen LogP contribution in [-0.4, -0.2) is 47.7 Å². The highest BCUT2D eigenvalue weighted by Crippen LogP contribution is 2.30. The van der Waals surface area contributed by atoms with Crippen molar-refractivity contribution in [2.24, 2.45) is 5.92 Å². The van der Waals surface area contributed by atoms with Crippen molar-refractivity contribution in [3.8, 4) is 5.75 Å². The highest BCUT2D eigenvalue weighted by atomic mass is 16.5. The second-order valence-electron chi connectivity index (χ2n) is 8.44. The number of fused-ring (bicyclic) bond motifs is 4. The molecule has 3 aliphatic rings. The molecule has 4 heterocycles. The summed E-state index contributed by atoms with van der Waals surface area (Å²) < 4.78 is 10.9. The largest absolute Gasteiger partial charge is 0.497 e. The van der Waals surface area contributed by atoms with E-state index >= 15 is 0 Å². The number of hydrogen-bond acceptors (Lipinski definition) is 5. The number of benzene rings is 1. The van der Waals surface area contributed by atoms with Crippen LogP contribution in [0.25, 0.3) is 0 Å². The zero-order valence-corrected chi connectivity index (χ0v) is 16.7. The minimum absolute atomic E-state index is 0.420. The van der Waals surface area contributed by atoms with Crippen molar-refractivity contribution in [2.45, 2.75) is 51.7 Å². The Morgan fingerprint density at radius 3 is 2.63 bits per heavy atom. The van der Waals surface area contributed by atoms with Gasteiger partial charge in [-0.1, -0.05) is 31.1 Å². The molecule has 3 fully saturated rings. The Morgan fingerprint density at radius 1 is 1.11 bits per heavy atom. The first-order chi connectivity index (χ1) is 13.1. The zero-order chi connectivity index (χ0) is 18.8. The van der Waals surface area contributed by atoms with E-state index in [2.05, 4.69) is 59.1 Å². The van der Waals surface area contributed by atoms with Gasteiger partial charge in [-0.3, -0.25) is 9.80 Å². The molecule has 27 heavy (non-hydrogen) atoms. The average Bonchev–Trinajstić information content (AvgIpc) is 2.97. The molecule has 0 radical (unpaired) electrons. The maximum absolute atomic E-state index is 5.60. The molecule has 0 amide bonds. The quantitative estimate of drug-likeness (QED) is 0.772. The maximum Gasteiger partial charge on any atom is 0.150 e. The van der Waals surface area contributed by atoms with Crippen LogP contribution in [0.3, 0.4) is 0 Å². The number of methoxy groups -OCH3 is 1. The Bertz CT molecular complexity index is 740. The molecular weight excluding hydrogens is 338 g/mol. The highest BCUT2D eigenvalue weighted by Gasteiger charge is 2.35. The molecule has 2 aromatic rings. The number of aromatic nitrogens is 1. The topological polar surface area (TPSA) is 41.7 Å². The lowest BCUT2D eigenvalue weighted by molar-refractivity contribution is 0.111. The van der Waals surface area contributed by atoms with Gasteiger partial charge in [0.1, 0.15) is 5.75 Å². The van der Waals surface area contributed by atoms with Crippen molar-refractivity contribution in [1.82, 2.24) is 15.0 Å². The summed E-state index contributed by atoms with van der Waals surface area (Å²) in [7, 11) is 1.72. The van der Waals surface area contributed by atoms with E-state index in [1.54, 1.807) is 7.11 Å². The first kappa shape index (κ1) is 18.5. The van der Waals surface area contributed by atoms with Crippen LogP contribution in [-0.2, 0) is 13.1 Å². The van der Waals surface area contributed by atoms with Crippen molar-refractivity contribution >= 4 is 0 Å². The Balaban J connectivity index is 1.40. The van der Waals surface area contributed by atoms with Gasteiger partial charge in [0.25, 0.3) is 0 Å². The van der Waals surface area contributed by atoms with Crippen molar-refractivity contribution in [2.75, 3.05) is 26.7 Å². The van der Waals surface area contributed by atoms with Crippen molar-refractivity contribution in [1.29, 1.82) is 0 Å². The lowest BCUT2D eigenvalue weighted by Crippen LogP contribution is -2.43. The summed E-state index contributed by atoms with van der Waals surface area (Å²) in [4.78, 5) is 5.25. The van der Waals surface area contributed by atoms with E-state index < -0.39 is 0 Å². The molecule has 5 heteroatoms. The van der Waals surface area contributed by atoms with Crippen LogP contribution < -0.4 is 4.74 Å². The number of nitrogens with zero attached hydrogens (tertiary/aromatic N) is 3. The minimum atomic E-state index is 0.420. The average molecular weight is 370 g/mol. The predicted molar refractivity (Wildman–Crippen MR) is 106 cm³/mol. The molecular formula is C22H31N3O2. The second kappa shape index (κ2) is 8.03. The van der Waals surface area contributed by atoms with E-state index in [4.69, 9.17) is 9.26 Å². The van der Waals surface area contributed by atoms with Gasteiger partial charge >= 0.3 is 0 Å². The third kappa shape index (κ3) is 4.36. The van der Waals surface area contributed by atoms with Gasteiger partial charge in [0.05, 0.1) is 19.3 Å². The fourth-order valence-corrected chi connectivity index (χ4v) is 4.46. The van der Waals surface area contributed by atoms with Crippen molar-refractivity contribution in [3.05, 3.63) is 47.3 Å². The molecule has 2 atom stereocenters. The Kier molecular flexibility index (Phi) is 5.50. The third-order valence-corrected chi connectivity index (χ3v) is 6.00. The van der Waals surface area contributed by atoms with Gasteiger partial charge in [0.15, 0.2) is 5.76 Å². The lowest BCUT2D eigenvalue weighted by Gasteiger charge is -2.35. The first-order valence-corrected chi connectivity index (χ1v) is 10.2. The van der Waals surface area contributed by atoms with Gasteiger partial charge in [-0.2, -0.15) is 0 Å². The number of rotatable bonds is 6. The van der Waals surface area contributed by atoms with Crippen molar-refractivity contribution < 1.29 is 9.26 Å². The molecule has 1 aromatic heterocycles. The van der Waals surface area contributed by atoms with Crippen LogP contribution in [0, 0.1) is 5.92 Å². The van der Waals surface area contributed by atoms with E-state index in [-0.39, 0.29) is 0 Å². The van der Waals surface area contributed by atoms with Crippen LogP contribution in [0.4, 0.5) is 0 Å². The minimum Gasteiger partial charge on any atom is -0.497 e. The molecule has 2 bridgehead atoms. The molecule has 5 nitrogen and oxygen atoms in total. The van der Waals surface area contributed by atoms with Crippen LogP contribution >= 0.6 is 0 Å². The molecule has 0 spiro atoms. The zero-order valence-electron chi connectivity index (χ0n) is 16.7. The normalized spacial score (nSPS) is 23.7. The van der Waals surface area contributed by atoms with Gasteiger partial charge in [-0.15, -0.1) is 0 Å². The monoisotopic (exact) mass is 369 g/mol. The third-order valence-electron chi connectivity index (χ3n) is 6.00. The van der Waals surface area contributed by atoms with E-state index in [1.165, 1.54) is 31.5 Å². The van der Waals surface area contributed by atoms with E-state index in [9.17, 15) is 0 Å². The summed E-state index contributed by atoms with van der Waals surface area (Å²) in [6.45, 7) is 9.71. The fourth-order valence-electron chi connectivity index (χ4n) is 4.46. The summed E-state index contributed by atoms with van der Waals surface area (Å²) in [5.74, 6) is 3.10. The molecule has 3 aliphatic heterocycles. The van der Waals surface area contributed by atoms with Crippen LogP contribution in [0.5, 0.6) is 5.75 Å². The molecule has 0 N–H and O–H groups in total. The van der Waals surface area contributed by atoms with Gasteiger partial charge in [0.2, 0.25) is 0 Å². The summed E-state index contributed by atoms with van der Waals surface area (Å²) in [5, 5.41) is 4.23. The number of piperidine rings is 1. The smallest absolute Gasteiger partial charge is 0.150 e. The molecule has 0 aliphatic carbocycles. The van der Waals surface area contributed by atoms with Crippen LogP contribution in [0.15, 0.2) is 34.9 Å². The number of hydrogen-bond donors (Lipinski definition) is 0. The van der Waals surface area contributed by atoms with Gasteiger partial charge in [-0.25, -0.2) is 0 Å². The molecule has 1 aromatic carbocycles. The van der Waals surface area contributed by atoms with Crippen LogP contribution in [0.2, 0.25) is 0 Å². The molecule has 146 valence electrons. The van der Waals surface area contributed by atoms with E-state index in [0.717, 1.165) is 42.8 Å². The van der Waals surface area contributed by atoms with Gasteiger partial charge in [0, 0.05) is 38.3 Å². The Hall–Kier alpha value is -1.85. The second-order valence-corrected chi connectivity index (χ2v) is 8.44. The highest BCUT2D eigenvalue weighted by molar-refractivity contribution is 5.27. The summed E-state index contributed by atoms with van der Waals surface area (Å²) in [6.07, 6.45) is 2.63. The summed E-state index contributed by atoms with van der Waals surface area (Å²) >= 11 is 0. The first-order valence-electron chi connectivity index (χ1n) is 10.2. The lowest BCUT2D eigenvalue weighted by atomic mass is 9.95. The molecule has 5 rings (SSSR count). The molecule has 0 unspecified atom stereocenters. The van der Waals surface area contributed by atoms with E-state index in [0.29, 0.717) is 12.0 Å². The summed E-state index contributed by atoms with van der Waals surface area (Å²) in [5.41, 5.74) is 2.42. The van der Waals surface area contributed by atoms with Gasteiger partial charge < -0.3 is 9.26 Å². The fraction of sp³-hybridized carbons (Fsp3) is 0.591. The summed E-state index contributed by atoms with van der Waals surface area (Å²) in [6, 6.07) is 11.2. The van der Waals surface area contributed by atoms with Crippen LogP contribution in [0.1, 0.15) is 49.6 Å². The maximum atomic E-state index is 5.60. The Labute approximate surface area is 162 Å². The molecule has 3 saturated heterocycles. The number of ether oxygens (including phenoxy) is 1. The van der Waals surface area contributed by atoms with Gasteiger partial charge in [-0.05, 0) is 42.4 Å². The predicted octanol–water partition coefficient (Wildman–Crippen LogP) is 3.90. The molecule has 0 saturated carbocycles.